The largest absolute Gasteiger partial charge is 0.493 e. The number of para-hydroxylation sites is 1. The van der Waals surface area contributed by atoms with Crippen LogP contribution in [0.1, 0.15) is 110 Å². The van der Waals surface area contributed by atoms with E-state index >= 15 is 0 Å². The summed E-state index contributed by atoms with van der Waals surface area (Å²) in [7, 11) is 0. The van der Waals surface area contributed by atoms with Crippen molar-refractivity contribution >= 4 is 6.41 Å². The van der Waals surface area contributed by atoms with Gasteiger partial charge in [0, 0.05) is 6.42 Å². The van der Waals surface area contributed by atoms with Crippen LogP contribution in [0.5, 0.6) is 5.75 Å². The van der Waals surface area contributed by atoms with Gasteiger partial charge in [0.1, 0.15) is 5.75 Å². The Labute approximate surface area is 202 Å². The normalized spacial score (nSPS) is 12.5. The number of hydroxylamine groups is 2. The lowest BCUT2D eigenvalue weighted by Crippen LogP contribution is -2.43. The van der Waals surface area contributed by atoms with Crippen LogP contribution in [0.2, 0.25) is 0 Å². The average molecular weight is 464 g/mol. The monoisotopic (exact) mass is 463 g/mol. The minimum Gasteiger partial charge on any atom is -0.493 e. The van der Waals surface area contributed by atoms with Gasteiger partial charge in [0.05, 0.1) is 24.9 Å². The summed E-state index contributed by atoms with van der Waals surface area (Å²) in [5.74, 6) is 0.820. The number of amides is 1. The molecule has 1 aromatic carbocycles. The number of hydrogen-bond donors (Lipinski definition) is 1. The molecule has 0 spiro atoms. The van der Waals surface area contributed by atoms with Gasteiger partial charge in [0.15, 0.2) is 0 Å². The van der Waals surface area contributed by atoms with Gasteiger partial charge in [-0.1, -0.05) is 95.8 Å². The number of rotatable bonds is 20. The van der Waals surface area contributed by atoms with Crippen LogP contribution in [0.4, 0.5) is 0 Å². The standard InChI is InChI=1S/C28H49NO4/c1-5-6-7-8-9-10-11-12-13-14-15-18-21-32-27-20-17-16-19-25(27)22-26(23-30)29(24-31)33-28(2,3)4/h16-17,19-20,24,26,30H,5-15,18,21-23H2,1-4H3/t26-/m0/s1. The molecule has 5 nitrogen and oxygen atoms in total. The van der Waals surface area contributed by atoms with E-state index in [0.717, 1.165) is 17.7 Å². The van der Waals surface area contributed by atoms with E-state index in [1.165, 1.54) is 75.7 Å². The Bertz CT molecular complexity index is 614. The van der Waals surface area contributed by atoms with Gasteiger partial charge in [0.2, 0.25) is 6.41 Å². The number of aliphatic hydroxyl groups is 1. The number of benzene rings is 1. The molecule has 1 aromatic rings. The molecule has 1 rings (SSSR count). The van der Waals surface area contributed by atoms with Crippen molar-refractivity contribution in [2.24, 2.45) is 0 Å². The van der Waals surface area contributed by atoms with E-state index < -0.39 is 11.6 Å². The van der Waals surface area contributed by atoms with Gasteiger partial charge in [-0.05, 0) is 38.8 Å². The second-order valence-corrected chi connectivity index (χ2v) is 10.1. The van der Waals surface area contributed by atoms with E-state index in [9.17, 15) is 9.90 Å². The Morgan fingerprint density at radius 3 is 1.97 bits per heavy atom. The molecule has 0 aliphatic rings. The molecule has 1 atom stereocenters. The maximum atomic E-state index is 11.5. The highest BCUT2D eigenvalue weighted by molar-refractivity contribution is 5.46. The van der Waals surface area contributed by atoms with Crippen molar-refractivity contribution < 1.29 is 19.5 Å². The van der Waals surface area contributed by atoms with Crippen molar-refractivity contribution in [2.75, 3.05) is 13.2 Å². The van der Waals surface area contributed by atoms with Crippen LogP contribution < -0.4 is 4.74 Å². The molecule has 33 heavy (non-hydrogen) atoms. The minimum absolute atomic E-state index is 0.179. The summed E-state index contributed by atoms with van der Waals surface area (Å²) in [6.45, 7) is 8.41. The van der Waals surface area contributed by atoms with E-state index in [1.54, 1.807) is 0 Å². The van der Waals surface area contributed by atoms with Crippen molar-refractivity contribution in [1.82, 2.24) is 5.06 Å². The molecule has 0 heterocycles. The molecule has 1 N–H and O–H groups in total. The molecule has 0 aliphatic heterocycles. The van der Waals surface area contributed by atoms with Crippen LogP contribution >= 0.6 is 0 Å². The average Bonchev–Trinajstić information content (AvgIpc) is 2.79. The topological polar surface area (TPSA) is 59.0 Å². The number of ether oxygens (including phenoxy) is 1. The van der Waals surface area contributed by atoms with Gasteiger partial charge in [-0.3, -0.25) is 9.63 Å². The van der Waals surface area contributed by atoms with Gasteiger partial charge in [-0.25, -0.2) is 5.06 Å². The quantitative estimate of drug-likeness (QED) is 0.130. The smallest absolute Gasteiger partial charge is 0.233 e. The summed E-state index contributed by atoms with van der Waals surface area (Å²) < 4.78 is 6.06. The summed E-state index contributed by atoms with van der Waals surface area (Å²) in [6.07, 6.45) is 17.0. The van der Waals surface area contributed by atoms with Crippen molar-refractivity contribution in [1.29, 1.82) is 0 Å². The number of carbonyl (C=O) groups excluding carboxylic acids is 1. The fourth-order valence-corrected chi connectivity index (χ4v) is 3.93. The van der Waals surface area contributed by atoms with Crippen LogP contribution in [0.25, 0.3) is 0 Å². The first kappa shape index (κ1) is 29.4. The Kier molecular flexibility index (Phi) is 15.9. The molecule has 0 saturated carbocycles. The highest BCUT2D eigenvalue weighted by Crippen LogP contribution is 2.23. The van der Waals surface area contributed by atoms with E-state index in [1.807, 2.05) is 45.0 Å². The number of nitrogens with zero attached hydrogens (tertiary/aromatic N) is 1. The number of aliphatic hydroxyl groups excluding tert-OH is 1. The zero-order chi connectivity index (χ0) is 24.4. The number of carbonyl (C=O) groups is 1. The second kappa shape index (κ2) is 17.8. The highest BCUT2D eigenvalue weighted by atomic mass is 16.7. The molecule has 190 valence electrons. The lowest BCUT2D eigenvalue weighted by Gasteiger charge is -2.32. The van der Waals surface area contributed by atoms with Crippen molar-refractivity contribution in [2.45, 2.75) is 123 Å². The molecule has 0 aliphatic carbocycles. The molecular formula is C28H49NO4. The van der Waals surface area contributed by atoms with Crippen molar-refractivity contribution in [3.8, 4) is 5.75 Å². The van der Waals surface area contributed by atoms with Gasteiger partial charge in [-0.2, -0.15) is 0 Å². The van der Waals surface area contributed by atoms with Crippen LogP contribution in [0, 0.1) is 0 Å². The predicted molar refractivity (Wildman–Crippen MR) is 136 cm³/mol. The van der Waals surface area contributed by atoms with Crippen molar-refractivity contribution in [3.63, 3.8) is 0 Å². The fraction of sp³-hybridized carbons (Fsp3) is 0.750. The maximum absolute atomic E-state index is 11.5. The van der Waals surface area contributed by atoms with Gasteiger partial charge >= 0.3 is 0 Å². The predicted octanol–water partition coefficient (Wildman–Crippen LogP) is 6.86. The Balaban J connectivity index is 2.30. The first-order valence-electron chi connectivity index (χ1n) is 13.2. The highest BCUT2D eigenvalue weighted by Gasteiger charge is 2.24. The van der Waals surface area contributed by atoms with Crippen LogP contribution in [0.15, 0.2) is 24.3 Å². The Hall–Kier alpha value is -1.59. The lowest BCUT2D eigenvalue weighted by atomic mass is 10.0. The molecule has 0 saturated heterocycles. The molecule has 0 unspecified atom stereocenters. The van der Waals surface area contributed by atoms with Gasteiger partial charge < -0.3 is 9.84 Å². The van der Waals surface area contributed by atoms with E-state index in [4.69, 9.17) is 9.57 Å². The lowest BCUT2D eigenvalue weighted by molar-refractivity contribution is -0.235. The zero-order valence-electron chi connectivity index (χ0n) is 21.7. The Morgan fingerprint density at radius 1 is 0.909 bits per heavy atom. The zero-order valence-corrected chi connectivity index (χ0v) is 21.7. The third-order valence-corrected chi connectivity index (χ3v) is 5.74. The summed E-state index contributed by atoms with van der Waals surface area (Å²) >= 11 is 0. The maximum Gasteiger partial charge on any atom is 0.233 e. The third kappa shape index (κ3) is 14.3. The van der Waals surface area contributed by atoms with Gasteiger partial charge in [-0.15, -0.1) is 0 Å². The number of hydrogen-bond acceptors (Lipinski definition) is 4. The fourth-order valence-electron chi connectivity index (χ4n) is 3.93. The van der Waals surface area contributed by atoms with Crippen LogP contribution in [0.3, 0.4) is 0 Å². The minimum atomic E-state index is -0.515. The molecule has 0 radical (unpaired) electrons. The summed E-state index contributed by atoms with van der Waals surface area (Å²) in [5, 5.41) is 11.1. The second-order valence-electron chi connectivity index (χ2n) is 10.1. The molecule has 0 bridgehead atoms. The molecular weight excluding hydrogens is 414 g/mol. The van der Waals surface area contributed by atoms with Crippen molar-refractivity contribution in [3.05, 3.63) is 29.8 Å². The van der Waals surface area contributed by atoms with E-state index in [2.05, 4.69) is 6.92 Å². The van der Waals surface area contributed by atoms with E-state index in [0.29, 0.717) is 19.4 Å². The van der Waals surface area contributed by atoms with E-state index in [-0.39, 0.29) is 6.61 Å². The first-order chi connectivity index (χ1) is 15.9. The third-order valence-electron chi connectivity index (χ3n) is 5.74. The molecule has 1 amide bonds. The Morgan fingerprint density at radius 2 is 1.45 bits per heavy atom. The SMILES string of the molecule is CCCCCCCCCCCCCCOc1ccccc1C[C@@H](CO)N(C=O)OC(C)(C)C. The molecule has 0 aromatic heterocycles. The van der Waals surface area contributed by atoms with Gasteiger partial charge in [0.25, 0.3) is 0 Å². The summed E-state index contributed by atoms with van der Waals surface area (Å²) in [5.41, 5.74) is 0.457. The first-order valence-corrected chi connectivity index (χ1v) is 13.2. The molecule has 5 heteroatoms. The summed E-state index contributed by atoms with van der Waals surface area (Å²) in [6, 6.07) is 7.40. The summed E-state index contributed by atoms with van der Waals surface area (Å²) in [4.78, 5) is 17.2. The molecule has 0 fully saturated rings. The van der Waals surface area contributed by atoms with Crippen LogP contribution in [-0.4, -0.2) is 41.4 Å². The number of unbranched alkanes of at least 4 members (excludes halogenated alkanes) is 11. The van der Waals surface area contributed by atoms with Crippen LogP contribution in [-0.2, 0) is 16.1 Å².